The largest absolute Gasteiger partial charge is 0.478 e. The van der Waals surface area contributed by atoms with Crippen LogP contribution >= 0.6 is 0 Å². The van der Waals surface area contributed by atoms with Crippen LogP contribution in [0.3, 0.4) is 0 Å². The SMILES string of the molecule is CN(C)CCN(C)c1cc(C(=O)O)c(F)cc1[N+](=O)[O-]. The molecule has 0 unspecified atom stereocenters. The Bertz CT molecular complexity index is 534. The molecule has 0 heterocycles. The van der Waals surface area contributed by atoms with Gasteiger partial charge in [-0.2, -0.15) is 0 Å². The molecule has 0 fully saturated rings. The van der Waals surface area contributed by atoms with Crippen LogP contribution in [0, 0.1) is 15.9 Å². The van der Waals surface area contributed by atoms with Crippen molar-refractivity contribution < 1.29 is 19.2 Å². The molecular formula is C12H16FN3O4. The van der Waals surface area contributed by atoms with E-state index >= 15 is 0 Å². The van der Waals surface area contributed by atoms with Crippen molar-refractivity contribution in [1.82, 2.24) is 4.90 Å². The minimum absolute atomic E-state index is 0.0793. The quantitative estimate of drug-likeness (QED) is 0.628. The summed E-state index contributed by atoms with van der Waals surface area (Å²) < 4.78 is 13.5. The maximum absolute atomic E-state index is 13.5. The molecule has 0 aliphatic carbocycles. The first-order valence-corrected chi connectivity index (χ1v) is 5.81. The van der Waals surface area contributed by atoms with Crippen LogP contribution in [0.15, 0.2) is 12.1 Å². The molecule has 1 aromatic carbocycles. The van der Waals surface area contributed by atoms with E-state index in [1.54, 1.807) is 7.05 Å². The molecule has 0 aliphatic rings. The predicted molar refractivity (Wildman–Crippen MR) is 71.8 cm³/mol. The molecule has 0 amide bonds. The molecule has 0 saturated heterocycles. The van der Waals surface area contributed by atoms with Crippen LogP contribution < -0.4 is 4.90 Å². The van der Waals surface area contributed by atoms with Gasteiger partial charge in [0.25, 0.3) is 5.69 Å². The number of anilines is 1. The van der Waals surface area contributed by atoms with Crippen molar-refractivity contribution >= 4 is 17.3 Å². The van der Waals surface area contributed by atoms with Gasteiger partial charge in [-0.15, -0.1) is 0 Å². The summed E-state index contributed by atoms with van der Waals surface area (Å²) in [5, 5.41) is 19.8. The lowest BCUT2D eigenvalue weighted by Gasteiger charge is -2.21. The normalized spacial score (nSPS) is 10.7. The number of hydrogen-bond acceptors (Lipinski definition) is 5. The number of nitro groups is 1. The van der Waals surface area contributed by atoms with Crippen molar-refractivity contribution in [3.05, 3.63) is 33.6 Å². The Hall–Kier alpha value is -2.22. The predicted octanol–water partition coefficient (Wildman–Crippen LogP) is 1.43. The zero-order chi connectivity index (χ0) is 15.4. The van der Waals surface area contributed by atoms with Crippen molar-refractivity contribution in [1.29, 1.82) is 0 Å². The number of benzene rings is 1. The summed E-state index contributed by atoms with van der Waals surface area (Å²) in [6.45, 7) is 1.06. The molecule has 1 N–H and O–H groups in total. The lowest BCUT2D eigenvalue weighted by atomic mass is 10.1. The van der Waals surface area contributed by atoms with Crippen LogP contribution in [-0.2, 0) is 0 Å². The van der Waals surface area contributed by atoms with Gasteiger partial charge in [0.1, 0.15) is 11.5 Å². The number of nitrogens with zero attached hydrogens (tertiary/aromatic N) is 3. The van der Waals surface area contributed by atoms with Gasteiger partial charge in [0, 0.05) is 20.1 Å². The van der Waals surface area contributed by atoms with Crippen LogP contribution in [0.2, 0.25) is 0 Å². The number of carboxylic acids is 1. The average Bonchev–Trinajstić information content (AvgIpc) is 2.34. The van der Waals surface area contributed by atoms with Crippen molar-refractivity contribution in [2.24, 2.45) is 0 Å². The van der Waals surface area contributed by atoms with Gasteiger partial charge in [-0.3, -0.25) is 10.1 Å². The van der Waals surface area contributed by atoms with Crippen LogP contribution in [0.5, 0.6) is 0 Å². The zero-order valence-electron chi connectivity index (χ0n) is 11.5. The molecule has 0 spiro atoms. The van der Waals surface area contributed by atoms with E-state index in [1.807, 2.05) is 19.0 Å². The minimum atomic E-state index is -1.46. The van der Waals surface area contributed by atoms with Gasteiger partial charge in [-0.25, -0.2) is 9.18 Å². The maximum atomic E-state index is 13.5. The van der Waals surface area contributed by atoms with Crippen LogP contribution in [0.25, 0.3) is 0 Å². The van der Waals surface area contributed by atoms with Gasteiger partial charge in [-0.1, -0.05) is 0 Å². The third-order valence-corrected chi connectivity index (χ3v) is 2.79. The highest BCUT2D eigenvalue weighted by molar-refractivity contribution is 5.90. The Morgan fingerprint density at radius 3 is 2.40 bits per heavy atom. The highest BCUT2D eigenvalue weighted by Gasteiger charge is 2.23. The van der Waals surface area contributed by atoms with Crippen molar-refractivity contribution in [3.63, 3.8) is 0 Å². The Morgan fingerprint density at radius 1 is 1.35 bits per heavy atom. The summed E-state index contributed by atoms with van der Waals surface area (Å²) in [6.07, 6.45) is 0. The highest BCUT2D eigenvalue weighted by atomic mass is 19.1. The van der Waals surface area contributed by atoms with Crippen LogP contribution in [0.4, 0.5) is 15.8 Å². The monoisotopic (exact) mass is 285 g/mol. The van der Waals surface area contributed by atoms with Gasteiger partial charge in [-0.05, 0) is 20.2 Å². The number of halogens is 1. The fraction of sp³-hybridized carbons (Fsp3) is 0.417. The molecule has 8 heteroatoms. The van der Waals surface area contributed by atoms with Crippen LogP contribution in [0.1, 0.15) is 10.4 Å². The van der Waals surface area contributed by atoms with E-state index in [-0.39, 0.29) is 5.69 Å². The lowest BCUT2D eigenvalue weighted by Crippen LogP contribution is -2.29. The average molecular weight is 285 g/mol. The van der Waals surface area contributed by atoms with Gasteiger partial charge in [0.2, 0.25) is 0 Å². The van der Waals surface area contributed by atoms with Crippen LogP contribution in [-0.4, -0.2) is 55.1 Å². The second-order valence-corrected chi connectivity index (χ2v) is 4.61. The molecule has 7 nitrogen and oxygen atoms in total. The molecule has 0 bridgehead atoms. The van der Waals surface area contributed by atoms with E-state index in [1.165, 1.54) is 4.90 Å². The number of carbonyl (C=O) groups is 1. The minimum Gasteiger partial charge on any atom is -0.478 e. The maximum Gasteiger partial charge on any atom is 0.338 e. The number of hydrogen-bond donors (Lipinski definition) is 1. The molecule has 0 radical (unpaired) electrons. The first-order chi connectivity index (χ1) is 9.23. The number of nitro benzene ring substituents is 1. The Morgan fingerprint density at radius 2 is 1.95 bits per heavy atom. The van der Waals surface area contributed by atoms with Crippen molar-refractivity contribution in [2.45, 2.75) is 0 Å². The molecular weight excluding hydrogens is 269 g/mol. The number of likely N-dealkylation sites (N-methyl/N-ethyl adjacent to an activating group) is 2. The standard InChI is InChI=1S/C12H16FN3O4/c1-14(2)4-5-15(3)10-6-8(12(17)18)9(13)7-11(10)16(19)20/h6-7H,4-5H2,1-3H3,(H,17,18). The smallest absolute Gasteiger partial charge is 0.338 e. The van der Waals surface area contributed by atoms with E-state index in [4.69, 9.17) is 5.11 Å². The van der Waals surface area contributed by atoms with Crippen molar-refractivity contribution in [3.8, 4) is 0 Å². The Labute approximate surface area is 115 Å². The molecule has 0 aromatic heterocycles. The molecule has 110 valence electrons. The summed E-state index contributed by atoms with van der Waals surface area (Å²) in [4.78, 5) is 24.5. The summed E-state index contributed by atoms with van der Waals surface area (Å²) in [6, 6.07) is 1.64. The molecule has 1 aromatic rings. The summed E-state index contributed by atoms with van der Waals surface area (Å²) >= 11 is 0. The van der Waals surface area contributed by atoms with Crippen molar-refractivity contribution in [2.75, 3.05) is 39.1 Å². The number of rotatable bonds is 6. The Balaban J connectivity index is 3.23. The fourth-order valence-electron chi connectivity index (χ4n) is 1.64. The van der Waals surface area contributed by atoms with Gasteiger partial charge in [0.05, 0.1) is 16.6 Å². The van der Waals surface area contributed by atoms with Gasteiger partial charge < -0.3 is 14.9 Å². The first kappa shape index (κ1) is 15.8. The summed E-state index contributed by atoms with van der Waals surface area (Å²) in [7, 11) is 5.28. The summed E-state index contributed by atoms with van der Waals surface area (Å²) in [5.74, 6) is -2.58. The molecule has 0 saturated carbocycles. The first-order valence-electron chi connectivity index (χ1n) is 5.81. The lowest BCUT2D eigenvalue weighted by molar-refractivity contribution is -0.384. The summed E-state index contributed by atoms with van der Waals surface area (Å²) in [5.41, 5.74) is -0.952. The molecule has 1 rings (SSSR count). The highest BCUT2D eigenvalue weighted by Crippen LogP contribution is 2.30. The van der Waals surface area contributed by atoms with E-state index < -0.39 is 28.0 Å². The molecule has 20 heavy (non-hydrogen) atoms. The third kappa shape index (κ3) is 3.64. The topological polar surface area (TPSA) is 86.9 Å². The van der Waals surface area contributed by atoms with E-state index in [0.717, 1.165) is 6.07 Å². The second kappa shape index (κ2) is 6.29. The molecule has 0 aliphatic heterocycles. The number of aromatic carboxylic acids is 1. The van der Waals surface area contributed by atoms with E-state index in [2.05, 4.69) is 0 Å². The van der Waals surface area contributed by atoms with E-state index in [9.17, 15) is 19.3 Å². The fourth-order valence-corrected chi connectivity index (χ4v) is 1.64. The molecule has 0 atom stereocenters. The number of carboxylic acid groups (broad SMARTS) is 1. The Kier molecular flexibility index (Phi) is 4.98. The zero-order valence-corrected chi connectivity index (χ0v) is 11.5. The van der Waals surface area contributed by atoms with E-state index in [0.29, 0.717) is 19.2 Å². The van der Waals surface area contributed by atoms with Gasteiger partial charge in [0.15, 0.2) is 0 Å². The van der Waals surface area contributed by atoms with Gasteiger partial charge >= 0.3 is 5.97 Å². The third-order valence-electron chi connectivity index (χ3n) is 2.79. The second-order valence-electron chi connectivity index (χ2n) is 4.61.